The summed E-state index contributed by atoms with van der Waals surface area (Å²) >= 11 is 0. The van der Waals surface area contributed by atoms with E-state index in [4.69, 9.17) is 9.47 Å². The first kappa shape index (κ1) is 23.2. The summed E-state index contributed by atoms with van der Waals surface area (Å²) in [5, 5.41) is 10.7. The Kier molecular flexibility index (Phi) is 7.45. The second-order valence-corrected chi connectivity index (χ2v) is 7.99. The molecule has 0 saturated carbocycles. The van der Waals surface area contributed by atoms with Gasteiger partial charge in [0.05, 0.1) is 19.1 Å². The Morgan fingerprint density at radius 2 is 1.81 bits per heavy atom. The van der Waals surface area contributed by atoms with Gasteiger partial charge in [-0.1, -0.05) is 12.1 Å². The summed E-state index contributed by atoms with van der Waals surface area (Å²) in [6.45, 7) is 0.509. The molecule has 1 aliphatic carbocycles. The van der Waals surface area contributed by atoms with Gasteiger partial charge < -0.3 is 14.4 Å². The molecule has 170 valence electrons. The standard InChI is InChI=1S/C24H28N2O6/c1-25(13-12-16-4-9-19(10-5-16)26(29)30)23(27)11-8-17-6-7-18-14-21(31-2)22(32-3)15-20(18)24(17)28/h4-5,9-10,14-15,17H,6-8,11-13H2,1-3H3. The number of hydrogen-bond acceptors (Lipinski definition) is 6. The van der Waals surface area contributed by atoms with E-state index in [1.807, 2.05) is 6.07 Å². The maximum absolute atomic E-state index is 13.0. The van der Waals surface area contributed by atoms with Gasteiger partial charge in [-0.25, -0.2) is 0 Å². The third kappa shape index (κ3) is 5.25. The van der Waals surface area contributed by atoms with Crippen LogP contribution >= 0.6 is 0 Å². The monoisotopic (exact) mass is 440 g/mol. The van der Waals surface area contributed by atoms with Crippen LogP contribution in [0.15, 0.2) is 36.4 Å². The van der Waals surface area contributed by atoms with E-state index < -0.39 is 4.92 Å². The topological polar surface area (TPSA) is 99.0 Å². The third-order valence-corrected chi connectivity index (χ3v) is 6.02. The Bertz CT molecular complexity index is 1000. The minimum absolute atomic E-state index is 0.0159. The quantitative estimate of drug-likeness (QED) is 0.434. The van der Waals surface area contributed by atoms with Gasteiger partial charge in [0.15, 0.2) is 17.3 Å². The molecular formula is C24H28N2O6. The highest BCUT2D eigenvalue weighted by Crippen LogP contribution is 2.36. The van der Waals surface area contributed by atoms with Crippen LogP contribution in [0.4, 0.5) is 5.69 Å². The zero-order valence-corrected chi connectivity index (χ0v) is 18.6. The number of Topliss-reactive ketones (excluding diaryl/α,β-unsaturated/α-hetero) is 1. The van der Waals surface area contributed by atoms with Crippen LogP contribution in [-0.2, 0) is 17.6 Å². The van der Waals surface area contributed by atoms with Crippen LogP contribution < -0.4 is 9.47 Å². The van der Waals surface area contributed by atoms with E-state index in [1.165, 1.54) is 12.1 Å². The number of ketones is 1. The van der Waals surface area contributed by atoms with Gasteiger partial charge in [-0.05, 0) is 48.9 Å². The molecule has 1 amide bonds. The number of nitrogens with zero attached hydrogens (tertiary/aromatic N) is 2. The summed E-state index contributed by atoms with van der Waals surface area (Å²) in [6, 6.07) is 9.94. The highest BCUT2D eigenvalue weighted by molar-refractivity contribution is 6.01. The van der Waals surface area contributed by atoms with Crippen LogP contribution in [0.5, 0.6) is 11.5 Å². The second-order valence-electron chi connectivity index (χ2n) is 7.99. The molecular weight excluding hydrogens is 412 g/mol. The predicted molar refractivity (Wildman–Crippen MR) is 119 cm³/mol. The van der Waals surface area contributed by atoms with Gasteiger partial charge in [0.25, 0.3) is 5.69 Å². The molecule has 0 aromatic heterocycles. The molecule has 0 radical (unpaired) electrons. The highest BCUT2D eigenvalue weighted by Gasteiger charge is 2.29. The van der Waals surface area contributed by atoms with Crippen LogP contribution in [-0.4, -0.2) is 49.3 Å². The number of rotatable bonds is 9. The average molecular weight is 440 g/mol. The smallest absolute Gasteiger partial charge is 0.269 e. The summed E-state index contributed by atoms with van der Waals surface area (Å²) in [6.07, 6.45) is 2.89. The Balaban J connectivity index is 1.53. The van der Waals surface area contributed by atoms with E-state index in [0.29, 0.717) is 49.3 Å². The molecule has 8 heteroatoms. The first-order valence-electron chi connectivity index (χ1n) is 10.6. The van der Waals surface area contributed by atoms with Crippen molar-refractivity contribution in [2.45, 2.75) is 32.1 Å². The van der Waals surface area contributed by atoms with Crippen molar-refractivity contribution in [3.05, 3.63) is 63.2 Å². The summed E-state index contributed by atoms with van der Waals surface area (Å²) in [5.74, 6) is 0.989. The zero-order chi connectivity index (χ0) is 23.3. The van der Waals surface area contributed by atoms with Gasteiger partial charge >= 0.3 is 0 Å². The molecule has 3 rings (SSSR count). The number of likely N-dealkylation sites (N-methyl/N-ethyl adjacent to an activating group) is 1. The van der Waals surface area contributed by atoms with Crippen LogP contribution in [0.25, 0.3) is 0 Å². The Hall–Kier alpha value is -3.42. The van der Waals surface area contributed by atoms with Crippen LogP contribution in [0, 0.1) is 16.0 Å². The number of non-ortho nitro benzene ring substituents is 1. The first-order chi connectivity index (χ1) is 15.3. The fourth-order valence-electron chi connectivity index (χ4n) is 4.01. The molecule has 0 fully saturated rings. The lowest BCUT2D eigenvalue weighted by atomic mass is 9.80. The lowest BCUT2D eigenvalue weighted by Crippen LogP contribution is -2.30. The zero-order valence-electron chi connectivity index (χ0n) is 18.6. The number of methoxy groups -OCH3 is 2. The molecule has 2 aromatic rings. The molecule has 0 saturated heterocycles. The van der Waals surface area contributed by atoms with Crippen molar-refractivity contribution < 1.29 is 24.0 Å². The van der Waals surface area contributed by atoms with Gasteiger partial charge in [-0.2, -0.15) is 0 Å². The number of nitro groups is 1. The number of carbonyl (C=O) groups excluding carboxylic acids is 2. The number of aryl methyl sites for hydroxylation is 1. The van der Waals surface area contributed by atoms with E-state index in [2.05, 4.69) is 0 Å². The van der Waals surface area contributed by atoms with Crippen molar-refractivity contribution in [1.82, 2.24) is 4.90 Å². The maximum Gasteiger partial charge on any atom is 0.269 e. The van der Waals surface area contributed by atoms with Gasteiger partial charge in [0.2, 0.25) is 5.91 Å². The van der Waals surface area contributed by atoms with Crippen LogP contribution in [0.1, 0.15) is 40.7 Å². The van der Waals surface area contributed by atoms with E-state index in [-0.39, 0.29) is 23.3 Å². The maximum atomic E-state index is 13.0. The normalized spacial score (nSPS) is 15.1. The first-order valence-corrected chi connectivity index (χ1v) is 10.6. The van der Waals surface area contributed by atoms with Crippen LogP contribution in [0.2, 0.25) is 0 Å². The lowest BCUT2D eigenvalue weighted by molar-refractivity contribution is -0.384. The molecule has 32 heavy (non-hydrogen) atoms. The number of benzene rings is 2. The van der Waals surface area contributed by atoms with Gasteiger partial charge in [0, 0.05) is 43.6 Å². The Labute approximate surface area is 187 Å². The fourth-order valence-corrected chi connectivity index (χ4v) is 4.01. The van der Waals surface area contributed by atoms with Crippen molar-refractivity contribution in [1.29, 1.82) is 0 Å². The largest absolute Gasteiger partial charge is 0.493 e. The molecule has 2 aromatic carbocycles. The summed E-state index contributed by atoms with van der Waals surface area (Å²) in [5.41, 5.74) is 2.58. The highest BCUT2D eigenvalue weighted by atomic mass is 16.6. The third-order valence-electron chi connectivity index (χ3n) is 6.02. The molecule has 0 N–H and O–H groups in total. The van der Waals surface area contributed by atoms with E-state index >= 15 is 0 Å². The van der Waals surface area contributed by atoms with Gasteiger partial charge in [-0.3, -0.25) is 19.7 Å². The van der Waals surface area contributed by atoms with Crippen molar-refractivity contribution in [3.8, 4) is 11.5 Å². The molecule has 0 bridgehead atoms. The summed E-state index contributed by atoms with van der Waals surface area (Å²) in [7, 11) is 4.85. The Morgan fingerprint density at radius 3 is 2.44 bits per heavy atom. The number of carbonyl (C=O) groups is 2. The fraction of sp³-hybridized carbons (Fsp3) is 0.417. The summed E-state index contributed by atoms with van der Waals surface area (Å²) in [4.78, 5) is 37.5. The van der Waals surface area contributed by atoms with E-state index in [1.54, 1.807) is 44.4 Å². The van der Waals surface area contributed by atoms with E-state index in [0.717, 1.165) is 17.5 Å². The van der Waals surface area contributed by atoms with Gasteiger partial charge in [0.1, 0.15) is 0 Å². The second kappa shape index (κ2) is 10.3. The minimum atomic E-state index is -0.434. The lowest BCUT2D eigenvalue weighted by Gasteiger charge is -2.25. The van der Waals surface area contributed by atoms with Crippen molar-refractivity contribution in [2.24, 2.45) is 5.92 Å². The molecule has 1 aliphatic rings. The summed E-state index contributed by atoms with van der Waals surface area (Å²) < 4.78 is 10.7. The Morgan fingerprint density at radius 1 is 1.16 bits per heavy atom. The number of nitro benzene ring substituents is 1. The molecule has 0 heterocycles. The minimum Gasteiger partial charge on any atom is -0.493 e. The van der Waals surface area contributed by atoms with Crippen LogP contribution in [0.3, 0.4) is 0 Å². The molecule has 0 aliphatic heterocycles. The van der Waals surface area contributed by atoms with Gasteiger partial charge in [-0.15, -0.1) is 0 Å². The number of hydrogen-bond donors (Lipinski definition) is 0. The van der Waals surface area contributed by atoms with Crippen molar-refractivity contribution in [2.75, 3.05) is 27.8 Å². The number of fused-ring (bicyclic) bond motifs is 1. The number of ether oxygens (including phenoxy) is 2. The predicted octanol–water partition coefficient (Wildman–Crippen LogP) is 3.84. The van der Waals surface area contributed by atoms with Crippen molar-refractivity contribution in [3.63, 3.8) is 0 Å². The molecule has 8 nitrogen and oxygen atoms in total. The average Bonchev–Trinajstić information content (AvgIpc) is 2.81. The van der Waals surface area contributed by atoms with Crippen molar-refractivity contribution >= 4 is 17.4 Å². The number of amides is 1. The SMILES string of the molecule is COc1cc2c(cc1OC)C(=O)C(CCC(=O)N(C)CCc1ccc([N+](=O)[O-])cc1)CC2. The van der Waals surface area contributed by atoms with E-state index in [9.17, 15) is 19.7 Å². The molecule has 1 atom stereocenters. The molecule has 1 unspecified atom stereocenters. The molecule has 0 spiro atoms.